The molecule has 3 heterocycles. The SMILES string of the molecule is O[SiH](O)OCCC[n+]1ccc(C=Cc2cc(C=Cc3cc[n+](CCC[Si](O)(O)O)cc3)cc(C=Cc3cc[n+](CCC[Si](O)(O)O)cc3)c2)cc1. The second-order valence-electron chi connectivity index (χ2n) is 12.3. The number of nitrogens with zero attached hydrogens (tertiary/aromatic N) is 3. The molecule has 0 saturated carbocycles. The molecule has 12 nitrogen and oxygen atoms in total. The van der Waals surface area contributed by atoms with Crippen LogP contribution in [0, 0.1) is 0 Å². The normalized spacial score (nSPS) is 12.6. The van der Waals surface area contributed by atoms with Crippen molar-refractivity contribution in [2.24, 2.45) is 0 Å². The molecule has 0 amide bonds. The number of hydrogen-bond donors (Lipinski definition) is 8. The van der Waals surface area contributed by atoms with E-state index in [1.807, 2.05) is 99.4 Å². The summed E-state index contributed by atoms with van der Waals surface area (Å²) in [7, 11) is -11.0. The number of pyridine rings is 3. The number of benzene rings is 1. The van der Waals surface area contributed by atoms with Gasteiger partial charge in [0.25, 0.3) is 0 Å². The highest BCUT2D eigenvalue weighted by Crippen LogP contribution is 2.19. The summed E-state index contributed by atoms with van der Waals surface area (Å²) in [6.07, 6.45) is 25.6. The Labute approximate surface area is 302 Å². The van der Waals surface area contributed by atoms with Gasteiger partial charge in [0.2, 0.25) is 0 Å². The molecule has 8 N–H and O–H groups in total. The van der Waals surface area contributed by atoms with E-state index in [2.05, 4.69) is 42.5 Å². The van der Waals surface area contributed by atoms with Gasteiger partial charge in [-0.3, -0.25) is 0 Å². The van der Waals surface area contributed by atoms with Crippen molar-refractivity contribution in [2.45, 2.75) is 51.0 Å². The van der Waals surface area contributed by atoms with Gasteiger partial charge in [-0.05, 0) is 51.6 Å². The Morgan fingerprint density at radius 3 is 1.06 bits per heavy atom. The van der Waals surface area contributed by atoms with Crippen LogP contribution in [0.5, 0.6) is 0 Å². The summed E-state index contributed by atoms with van der Waals surface area (Å²) in [6, 6.07) is 18.3. The molecule has 51 heavy (non-hydrogen) atoms. The minimum Gasteiger partial charge on any atom is -0.392 e. The van der Waals surface area contributed by atoms with E-state index in [-0.39, 0.29) is 12.1 Å². The summed E-state index contributed by atoms with van der Waals surface area (Å²) >= 11 is 0. The second kappa shape index (κ2) is 19.7. The molecule has 0 atom stereocenters. The highest BCUT2D eigenvalue weighted by Gasteiger charge is 2.27. The summed E-state index contributed by atoms with van der Waals surface area (Å²) in [5.41, 5.74) is 6.07. The third kappa shape index (κ3) is 16.4. The minimum atomic E-state index is -4.03. The van der Waals surface area contributed by atoms with Crippen LogP contribution in [0.4, 0.5) is 0 Å². The van der Waals surface area contributed by atoms with Crippen LogP contribution < -0.4 is 13.7 Å². The fourth-order valence-corrected chi connectivity index (χ4v) is 6.83. The lowest BCUT2D eigenvalue weighted by Crippen LogP contribution is -2.38. The van der Waals surface area contributed by atoms with Crippen molar-refractivity contribution in [2.75, 3.05) is 6.61 Å². The molecule has 0 radical (unpaired) electrons. The quantitative estimate of drug-likeness (QED) is 0.0390. The van der Waals surface area contributed by atoms with Gasteiger partial charge in [0.15, 0.2) is 43.7 Å². The van der Waals surface area contributed by atoms with Crippen LogP contribution in [0.2, 0.25) is 12.1 Å². The Morgan fingerprint density at radius 1 is 0.471 bits per heavy atom. The maximum absolute atomic E-state index is 9.24. The minimum absolute atomic E-state index is 0.00280. The lowest BCUT2D eigenvalue weighted by Gasteiger charge is -2.06. The molecular weight excluding hydrogens is 703 g/mol. The molecule has 1 aromatic carbocycles. The Kier molecular flexibility index (Phi) is 15.4. The highest BCUT2D eigenvalue weighted by atomic mass is 28.4. The zero-order chi connectivity index (χ0) is 36.7. The van der Waals surface area contributed by atoms with E-state index in [1.54, 1.807) is 0 Å². The third-order valence-corrected chi connectivity index (χ3v) is 10.4. The van der Waals surface area contributed by atoms with Crippen molar-refractivity contribution < 1.29 is 56.5 Å². The number of hydrogen-bond acceptors (Lipinski definition) is 9. The van der Waals surface area contributed by atoms with E-state index in [0.29, 0.717) is 45.5 Å². The molecular formula is C36H48N3O9Si3+3. The average Bonchev–Trinajstić information content (AvgIpc) is 3.08. The summed E-state index contributed by atoms with van der Waals surface area (Å²) in [6.45, 7) is 2.15. The van der Waals surface area contributed by atoms with Gasteiger partial charge in [0, 0.05) is 74.4 Å². The van der Waals surface area contributed by atoms with Crippen molar-refractivity contribution in [3.8, 4) is 0 Å². The van der Waals surface area contributed by atoms with Crippen LogP contribution in [0.25, 0.3) is 36.5 Å². The lowest BCUT2D eigenvalue weighted by atomic mass is 10.0. The average molecular weight is 751 g/mol. The van der Waals surface area contributed by atoms with Crippen molar-refractivity contribution in [3.05, 3.63) is 125 Å². The van der Waals surface area contributed by atoms with Crippen LogP contribution in [0.15, 0.2) is 91.8 Å². The van der Waals surface area contributed by atoms with Crippen molar-refractivity contribution in [3.63, 3.8) is 0 Å². The summed E-state index contributed by atoms with van der Waals surface area (Å²) < 4.78 is 10.8. The molecule has 0 aliphatic heterocycles. The van der Waals surface area contributed by atoms with E-state index in [0.717, 1.165) is 33.4 Å². The molecule has 0 bridgehead atoms. The van der Waals surface area contributed by atoms with E-state index in [9.17, 15) is 28.8 Å². The zero-order valence-electron chi connectivity index (χ0n) is 28.4. The predicted octanol–water partition coefficient (Wildman–Crippen LogP) is 0.781. The Balaban J connectivity index is 1.48. The van der Waals surface area contributed by atoms with Crippen LogP contribution in [-0.4, -0.2) is 72.1 Å². The standard InChI is InChI=1S/C36H48N3O9Si3/c40-49(41)48-25-1-16-37-19-10-31(11-20-37)4-7-34-28-35(8-5-32-12-21-38(22-13-32)17-2-26-50(42,43)44)30-36(29-34)9-6-33-14-23-39(24-15-33)18-3-27-51(45,46)47/h4-15,19-24,28-30,40-47,49H,1-3,16-18,25-27H2/q+3. The van der Waals surface area contributed by atoms with Gasteiger partial charge >= 0.3 is 27.1 Å². The molecule has 270 valence electrons. The van der Waals surface area contributed by atoms with Gasteiger partial charge in [0.05, 0.1) is 0 Å². The van der Waals surface area contributed by atoms with Gasteiger partial charge < -0.3 is 42.8 Å². The first kappa shape index (κ1) is 40.0. The van der Waals surface area contributed by atoms with Crippen LogP contribution in [0.3, 0.4) is 0 Å². The van der Waals surface area contributed by atoms with Crippen molar-refractivity contribution in [1.82, 2.24) is 0 Å². The first-order valence-corrected chi connectivity index (χ1v) is 22.4. The Hall–Kier alpha value is -3.82. The molecule has 4 rings (SSSR count). The van der Waals surface area contributed by atoms with Crippen LogP contribution in [0.1, 0.15) is 52.6 Å². The fourth-order valence-electron chi connectivity index (χ4n) is 5.19. The number of aromatic nitrogens is 3. The summed E-state index contributed by atoms with van der Waals surface area (Å²) in [5, 5.41) is 0. The largest absolute Gasteiger partial charge is 0.492 e. The fraction of sp³-hybridized carbons (Fsp3) is 0.250. The summed E-state index contributed by atoms with van der Waals surface area (Å²) in [4.78, 5) is 73.4. The number of rotatable bonds is 19. The van der Waals surface area contributed by atoms with Gasteiger partial charge in [-0.1, -0.05) is 36.5 Å². The smallest absolute Gasteiger partial charge is 0.392 e. The maximum Gasteiger partial charge on any atom is 0.492 e. The molecule has 0 aliphatic carbocycles. The van der Waals surface area contributed by atoms with E-state index in [1.165, 1.54) is 0 Å². The lowest BCUT2D eigenvalue weighted by molar-refractivity contribution is -0.697. The van der Waals surface area contributed by atoms with E-state index < -0.39 is 27.1 Å². The molecule has 0 unspecified atom stereocenters. The van der Waals surface area contributed by atoms with Crippen LogP contribution in [-0.2, 0) is 24.1 Å². The maximum atomic E-state index is 9.24. The van der Waals surface area contributed by atoms with E-state index >= 15 is 0 Å². The molecule has 0 fully saturated rings. The van der Waals surface area contributed by atoms with Gasteiger partial charge in [0.1, 0.15) is 13.1 Å². The van der Waals surface area contributed by atoms with Crippen molar-refractivity contribution in [1.29, 1.82) is 0 Å². The third-order valence-electron chi connectivity index (χ3n) is 7.84. The molecule has 0 aliphatic rings. The molecule has 0 saturated heterocycles. The Morgan fingerprint density at radius 2 is 0.765 bits per heavy atom. The molecule has 4 aromatic rings. The number of aryl methyl sites for hydroxylation is 3. The van der Waals surface area contributed by atoms with Gasteiger partial charge in [-0.15, -0.1) is 0 Å². The highest BCUT2D eigenvalue weighted by molar-refractivity contribution is 6.56. The first-order valence-electron chi connectivity index (χ1n) is 16.8. The molecule has 0 spiro atoms. The predicted molar refractivity (Wildman–Crippen MR) is 199 cm³/mol. The first-order chi connectivity index (χ1) is 24.3. The van der Waals surface area contributed by atoms with E-state index in [4.69, 9.17) is 14.0 Å². The molecule has 3 aromatic heterocycles. The van der Waals surface area contributed by atoms with Gasteiger partial charge in [-0.2, -0.15) is 0 Å². The Bertz CT molecular complexity index is 1650. The molecule has 15 heteroatoms. The monoisotopic (exact) mass is 750 g/mol. The van der Waals surface area contributed by atoms with Crippen LogP contribution >= 0.6 is 0 Å². The zero-order valence-corrected chi connectivity index (χ0v) is 31.5. The topological polar surface area (TPSA) is 183 Å². The van der Waals surface area contributed by atoms with Crippen molar-refractivity contribution >= 4 is 63.6 Å². The van der Waals surface area contributed by atoms with Gasteiger partial charge in [-0.25, -0.2) is 13.7 Å². The summed E-state index contributed by atoms with van der Waals surface area (Å²) in [5.74, 6) is 0. The second-order valence-corrected chi connectivity index (χ2v) is 17.4.